The second-order valence-corrected chi connectivity index (χ2v) is 5.47. The fourth-order valence-electron chi connectivity index (χ4n) is 2.63. The Kier molecular flexibility index (Phi) is 7.94. The Bertz CT molecular complexity index is 256. The maximum absolute atomic E-state index is 9.96. The van der Waals surface area contributed by atoms with E-state index in [1.165, 1.54) is 0 Å². The molecule has 0 aliphatic carbocycles. The largest absolute Gasteiger partial charge is 0.394 e. The summed E-state index contributed by atoms with van der Waals surface area (Å²) in [7, 11) is 0. The molecule has 6 nitrogen and oxygen atoms in total. The number of aliphatic hydroxyl groups excluding tert-OH is 4. The molecule has 1 aliphatic heterocycles. The molecular weight excluding hydrogens is 264 g/mol. The number of ether oxygens (including phenoxy) is 2. The molecule has 0 amide bonds. The van der Waals surface area contributed by atoms with Gasteiger partial charge in [0.25, 0.3) is 0 Å². The van der Waals surface area contributed by atoms with Crippen LogP contribution in [0.15, 0.2) is 0 Å². The summed E-state index contributed by atoms with van der Waals surface area (Å²) in [5.74, 6) is 0.372. The van der Waals surface area contributed by atoms with Gasteiger partial charge in [0.2, 0.25) is 0 Å². The minimum atomic E-state index is -1.34. The third kappa shape index (κ3) is 4.65. The first-order chi connectivity index (χ1) is 9.54. The van der Waals surface area contributed by atoms with Gasteiger partial charge in [-0.3, -0.25) is 0 Å². The van der Waals surface area contributed by atoms with E-state index >= 15 is 0 Å². The van der Waals surface area contributed by atoms with Crippen molar-refractivity contribution in [2.24, 2.45) is 5.92 Å². The Morgan fingerprint density at radius 2 is 1.65 bits per heavy atom. The molecule has 0 unspecified atom stereocenters. The lowest BCUT2D eigenvalue weighted by molar-refractivity contribution is -0.297. The lowest BCUT2D eigenvalue weighted by Gasteiger charge is -2.40. The summed E-state index contributed by atoms with van der Waals surface area (Å²) in [6.07, 6.45) is -1.68. The van der Waals surface area contributed by atoms with E-state index in [2.05, 4.69) is 13.8 Å². The van der Waals surface area contributed by atoms with Crippen molar-refractivity contribution in [3.63, 3.8) is 0 Å². The van der Waals surface area contributed by atoms with Gasteiger partial charge in [-0.15, -0.1) is 0 Å². The average Bonchev–Trinajstić information content (AvgIpc) is 2.43. The predicted octanol–water partition coefficient (Wildman–Crippen LogP) is 0.0193. The van der Waals surface area contributed by atoms with Gasteiger partial charge < -0.3 is 29.9 Å². The third-order valence-corrected chi connectivity index (χ3v) is 3.76. The monoisotopic (exact) mass is 292 g/mol. The molecule has 20 heavy (non-hydrogen) atoms. The van der Waals surface area contributed by atoms with Crippen LogP contribution >= 0.6 is 0 Å². The highest BCUT2D eigenvalue weighted by atomic mass is 16.7. The summed E-state index contributed by atoms with van der Waals surface area (Å²) in [5, 5.41) is 38.5. The molecule has 0 aromatic heterocycles. The van der Waals surface area contributed by atoms with E-state index < -0.39 is 37.3 Å². The lowest BCUT2D eigenvalue weighted by atomic mass is 9.97. The van der Waals surface area contributed by atoms with E-state index in [0.29, 0.717) is 12.5 Å². The van der Waals surface area contributed by atoms with Crippen LogP contribution in [0.3, 0.4) is 0 Å². The van der Waals surface area contributed by atoms with Crippen molar-refractivity contribution in [2.75, 3.05) is 13.2 Å². The molecule has 0 bridgehead atoms. The molecule has 0 aromatic rings. The van der Waals surface area contributed by atoms with Crippen molar-refractivity contribution < 1.29 is 29.9 Å². The maximum atomic E-state index is 9.96. The van der Waals surface area contributed by atoms with Crippen molar-refractivity contribution in [3.8, 4) is 0 Å². The Balaban J connectivity index is 2.52. The fourth-order valence-corrected chi connectivity index (χ4v) is 2.63. The molecule has 0 saturated carbocycles. The first-order valence-corrected chi connectivity index (χ1v) is 7.47. The van der Waals surface area contributed by atoms with Crippen molar-refractivity contribution >= 4 is 0 Å². The van der Waals surface area contributed by atoms with Crippen LogP contribution in [0, 0.1) is 5.92 Å². The van der Waals surface area contributed by atoms with Gasteiger partial charge in [-0.05, 0) is 18.8 Å². The number of hydrogen-bond acceptors (Lipinski definition) is 6. The minimum absolute atomic E-state index is 0.372. The van der Waals surface area contributed by atoms with Gasteiger partial charge in [0.05, 0.1) is 13.2 Å². The van der Waals surface area contributed by atoms with Gasteiger partial charge >= 0.3 is 0 Å². The highest BCUT2D eigenvalue weighted by Crippen LogP contribution is 2.24. The summed E-state index contributed by atoms with van der Waals surface area (Å²) in [6, 6.07) is 0. The second kappa shape index (κ2) is 8.92. The fraction of sp³-hybridized carbons (Fsp3) is 1.00. The van der Waals surface area contributed by atoms with Crippen LogP contribution in [-0.2, 0) is 9.47 Å². The molecule has 1 aliphatic rings. The lowest BCUT2D eigenvalue weighted by Crippen LogP contribution is -2.59. The van der Waals surface area contributed by atoms with Gasteiger partial charge in [0.15, 0.2) is 6.29 Å². The predicted molar refractivity (Wildman–Crippen MR) is 73.0 cm³/mol. The molecule has 5 atom stereocenters. The minimum Gasteiger partial charge on any atom is -0.394 e. The molecule has 6 heteroatoms. The molecule has 120 valence electrons. The van der Waals surface area contributed by atoms with Crippen molar-refractivity contribution in [1.82, 2.24) is 0 Å². The summed E-state index contributed by atoms with van der Waals surface area (Å²) >= 11 is 0. The van der Waals surface area contributed by atoms with E-state index in [9.17, 15) is 15.3 Å². The van der Waals surface area contributed by atoms with E-state index in [0.717, 1.165) is 25.7 Å². The van der Waals surface area contributed by atoms with E-state index in [4.69, 9.17) is 14.6 Å². The normalized spacial score (nSPS) is 34.6. The van der Waals surface area contributed by atoms with Crippen molar-refractivity contribution in [1.29, 1.82) is 0 Å². The molecule has 0 aromatic carbocycles. The number of rotatable bonds is 8. The SMILES string of the molecule is CCCC(CCC)CO[C@@H]1[C@@H](O)[C@@H](O)[C@@H](CO)O[C@H]1O. The molecular formula is C14H28O6. The highest BCUT2D eigenvalue weighted by molar-refractivity contribution is 4.89. The Labute approximate surface area is 120 Å². The maximum Gasteiger partial charge on any atom is 0.184 e. The van der Waals surface area contributed by atoms with E-state index in [1.807, 2.05) is 0 Å². The first-order valence-electron chi connectivity index (χ1n) is 7.47. The zero-order chi connectivity index (χ0) is 15.1. The van der Waals surface area contributed by atoms with Crippen LogP contribution in [-0.4, -0.2) is 64.3 Å². The zero-order valence-corrected chi connectivity index (χ0v) is 12.3. The quantitative estimate of drug-likeness (QED) is 0.503. The molecule has 1 fully saturated rings. The van der Waals surface area contributed by atoms with Gasteiger partial charge in [-0.1, -0.05) is 26.7 Å². The van der Waals surface area contributed by atoms with Crippen molar-refractivity contribution in [2.45, 2.75) is 70.2 Å². The molecule has 0 radical (unpaired) electrons. The Hall–Kier alpha value is -0.240. The van der Waals surface area contributed by atoms with Gasteiger partial charge in [0.1, 0.15) is 24.4 Å². The van der Waals surface area contributed by atoms with Crippen LogP contribution < -0.4 is 0 Å². The molecule has 1 rings (SSSR count). The molecule has 1 saturated heterocycles. The summed E-state index contributed by atoms with van der Waals surface area (Å²) in [6.45, 7) is 4.16. The van der Waals surface area contributed by atoms with E-state index in [1.54, 1.807) is 0 Å². The van der Waals surface area contributed by atoms with Gasteiger partial charge in [0, 0.05) is 0 Å². The number of aliphatic hydroxyl groups is 4. The summed E-state index contributed by atoms with van der Waals surface area (Å²) in [4.78, 5) is 0. The smallest absolute Gasteiger partial charge is 0.184 e. The standard InChI is InChI=1S/C14H28O6/c1-3-5-9(6-4-2)8-19-13-12(17)11(16)10(7-15)20-14(13)18/h9-18H,3-8H2,1-2H3/t10-,11+,12+,13-,14-/m1/s1. The zero-order valence-electron chi connectivity index (χ0n) is 12.3. The van der Waals surface area contributed by atoms with Crippen LogP contribution in [0.25, 0.3) is 0 Å². The molecule has 4 N–H and O–H groups in total. The van der Waals surface area contributed by atoms with Crippen LogP contribution in [0.4, 0.5) is 0 Å². The van der Waals surface area contributed by atoms with Crippen LogP contribution in [0.1, 0.15) is 39.5 Å². The van der Waals surface area contributed by atoms with E-state index in [-0.39, 0.29) is 0 Å². The Morgan fingerprint density at radius 3 is 2.15 bits per heavy atom. The third-order valence-electron chi connectivity index (χ3n) is 3.76. The summed E-state index contributed by atoms with van der Waals surface area (Å²) < 4.78 is 10.6. The molecule has 0 spiro atoms. The van der Waals surface area contributed by atoms with Crippen LogP contribution in [0.2, 0.25) is 0 Å². The average molecular weight is 292 g/mol. The van der Waals surface area contributed by atoms with Gasteiger partial charge in [-0.25, -0.2) is 0 Å². The topological polar surface area (TPSA) is 99.4 Å². The Morgan fingerprint density at radius 1 is 1.05 bits per heavy atom. The first kappa shape index (κ1) is 17.8. The number of hydrogen-bond donors (Lipinski definition) is 4. The second-order valence-electron chi connectivity index (χ2n) is 5.47. The molecule has 1 heterocycles. The summed E-state index contributed by atoms with van der Waals surface area (Å²) in [5.41, 5.74) is 0. The van der Waals surface area contributed by atoms with Gasteiger partial charge in [-0.2, -0.15) is 0 Å². The van der Waals surface area contributed by atoms with Crippen LogP contribution in [0.5, 0.6) is 0 Å². The highest BCUT2D eigenvalue weighted by Gasteiger charge is 2.44. The van der Waals surface area contributed by atoms with Crippen molar-refractivity contribution in [3.05, 3.63) is 0 Å².